The molecule has 1 aliphatic rings. The van der Waals surface area contributed by atoms with Gasteiger partial charge < -0.3 is 9.47 Å². The van der Waals surface area contributed by atoms with Crippen molar-refractivity contribution in [1.82, 2.24) is 29.2 Å². The van der Waals surface area contributed by atoms with Crippen LogP contribution in [0.2, 0.25) is 0 Å². The molecule has 7 heteroatoms. The van der Waals surface area contributed by atoms with Gasteiger partial charge in [0.05, 0.1) is 24.0 Å². The number of hydrogen-bond acceptors (Lipinski definition) is 4. The van der Waals surface area contributed by atoms with E-state index in [1.54, 1.807) is 10.9 Å². The number of pyridine rings is 1. The quantitative estimate of drug-likeness (QED) is 0.698. The first-order chi connectivity index (χ1) is 13.2. The molecule has 1 aliphatic heterocycles. The van der Waals surface area contributed by atoms with E-state index < -0.39 is 0 Å². The number of likely N-dealkylation sites (tertiary alicyclic amines) is 1. The van der Waals surface area contributed by atoms with Gasteiger partial charge in [0.15, 0.2) is 0 Å². The lowest BCUT2D eigenvalue weighted by Gasteiger charge is -2.32. The minimum Gasteiger partial charge on any atom is -0.338 e. The monoisotopic (exact) mass is 364 g/mol. The fraction of sp³-hybridized carbons (Fsp3) is 0.400. The third-order valence-electron chi connectivity index (χ3n) is 5.08. The van der Waals surface area contributed by atoms with Gasteiger partial charge in [-0.2, -0.15) is 5.10 Å². The number of aromatic nitrogens is 5. The lowest BCUT2D eigenvalue weighted by molar-refractivity contribution is 0.0703. The summed E-state index contributed by atoms with van der Waals surface area (Å²) in [5.41, 5.74) is 1.67. The van der Waals surface area contributed by atoms with Crippen LogP contribution >= 0.6 is 0 Å². The Morgan fingerprint density at radius 2 is 2.19 bits per heavy atom. The summed E-state index contributed by atoms with van der Waals surface area (Å²) in [7, 11) is 0. The first kappa shape index (κ1) is 17.5. The van der Waals surface area contributed by atoms with E-state index in [1.165, 1.54) is 0 Å². The molecule has 1 saturated heterocycles. The average molecular weight is 364 g/mol. The second-order valence-electron chi connectivity index (χ2n) is 6.91. The molecule has 0 spiro atoms. The van der Waals surface area contributed by atoms with E-state index in [2.05, 4.69) is 19.6 Å². The molecule has 0 N–H and O–H groups in total. The Hall–Kier alpha value is -2.96. The van der Waals surface area contributed by atoms with Crippen LogP contribution < -0.4 is 0 Å². The molecule has 0 radical (unpaired) electrons. The first-order valence-corrected chi connectivity index (χ1v) is 9.47. The Labute approximate surface area is 158 Å². The molecule has 0 saturated carbocycles. The number of carbonyl (C=O) groups is 1. The van der Waals surface area contributed by atoms with Crippen LogP contribution in [0.25, 0.3) is 0 Å². The maximum Gasteiger partial charge on any atom is 0.257 e. The molecular weight excluding hydrogens is 340 g/mol. The van der Waals surface area contributed by atoms with Crippen molar-refractivity contribution in [3.05, 3.63) is 66.3 Å². The van der Waals surface area contributed by atoms with Gasteiger partial charge in [-0.05, 0) is 31.9 Å². The van der Waals surface area contributed by atoms with Crippen molar-refractivity contribution in [1.29, 1.82) is 0 Å². The smallest absolute Gasteiger partial charge is 0.257 e. The number of nitrogens with zero attached hydrogens (tertiary/aromatic N) is 6. The van der Waals surface area contributed by atoms with E-state index in [0.717, 1.165) is 37.4 Å². The van der Waals surface area contributed by atoms with E-state index in [4.69, 9.17) is 0 Å². The second kappa shape index (κ2) is 7.73. The van der Waals surface area contributed by atoms with Crippen LogP contribution in [0.5, 0.6) is 0 Å². The molecule has 4 heterocycles. The number of imidazole rings is 1. The third kappa shape index (κ3) is 3.77. The van der Waals surface area contributed by atoms with Gasteiger partial charge in [-0.15, -0.1) is 0 Å². The maximum atomic E-state index is 12.9. The van der Waals surface area contributed by atoms with Crippen LogP contribution in [0.15, 0.2) is 49.2 Å². The highest BCUT2D eigenvalue weighted by atomic mass is 16.2. The summed E-state index contributed by atoms with van der Waals surface area (Å²) >= 11 is 0. The highest BCUT2D eigenvalue weighted by Gasteiger charge is 2.28. The molecule has 4 rings (SSSR count). The molecule has 0 unspecified atom stereocenters. The molecule has 3 aromatic rings. The average Bonchev–Trinajstić information content (AvgIpc) is 3.38. The van der Waals surface area contributed by atoms with Gasteiger partial charge in [-0.3, -0.25) is 14.5 Å². The Bertz CT molecular complexity index is 900. The molecule has 1 atom stereocenters. The lowest BCUT2D eigenvalue weighted by atomic mass is 9.96. The summed E-state index contributed by atoms with van der Waals surface area (Å²) in [6.45, 7) is 4.95. The fourth-order valence-corrected chi connectivity index (χ4v) is 3.68. The molecule has 3 aromatic heterocycles. The molecule has 7 nitrogen and oxygen atoms in total. The van der Waals surface area contributed by atoms with Crippen LogP contribution in [0, 0.1) is 0 Å². The van der Waals surface area contributed by atoms with E-state index in [0.29, 0.717) is 18.7 Å². The molecule has 1 amide bonds. The number of carbonyl (C=O) groups excluding carboxylic acids is 1. The van der Waals surface area contributed by atoms with E-state index in [-0.39, 0.29) is 11.8 Å². The molecular formula is C20H24N6O. The van der Waals surface area contributed by atoms with E-state index in [9.17, 15) is 4.79 Å². The SMILES string of the molecule is CCn1cc(C(=O)N2CCC[C@H](c3nccn3Cc3ccccn3)C2)cn1. The maximum absolute atomic E-state index is 12.9. The standard InChI is InChI=1S/C20H24N6O/c1-2-26-14-17(12-23-26)20(27)25-10-5-6-16(13-25)19-22-9-11-24(19)15-18-7-3-4-8-21-18/h3-4,7-9,11-12,14,16H,2,5-6,10,13,15H2,1H3/t16-/m0/s1. The third-order valence-corrected chi connectivity index (χ3v) is 5.08. The summed E-state index contributed by atoms with van der Waals surface area (Å²) in [4.78, 5) is 23.8. The van der Waals surface area contributed by atoms with Gasteiger partial charge in [0.2, 0.25) is 0 Å². The predicted octanol–water partition coefficient (Wildman–Crippen LogP) is 2.56. The van der Waals surface area contributed by atoms with Gasteiger partial charge in [-0.25, -0.2) is 4.98 Å². The first-order valence-electron chi connectivity index (χ1n) is 9.47. The normalized spacial score (nSPS) is 17.2. The molecule has 140 valence electrons. The minimum atomic E-state index is 0.0576. The van der Waals surface area contributed by atoms with Crippen molar-refractivity contribution in [3.63, 3.8) is 0 Å². The van der Waals surface area contributed by atoms with Crippen LogP contribution in [-0.2, 0) is 13.1 Å². The zero-order valence-electron chi connectivity index (χ0n) is 15.5. The Morgan fingerprint density at radius 3 is 2.96 bits per heavy atom. The number of amides is 1. The van der Waals surface area contributed by atoms with Crippen LogP contribution in [0.3, 0.4) is 0 Å². The molecule has 0 aromatic carbocycles. The van der Waals surface area contributed by atoms with Crippen molar-refractivity contribution in [2.75, 3.05) is 13.1 Å². The second-order valence-corrected chi connectivity index (χ2v) is 6.91. The Kier molecular flexibility index (Phi) is 5.00. The van der Waals surface area contributed by atoms with Crippen molar-refractivity contribution in [3.8, 4) is 0 Å². The number of aryl methyl sites for hydroxylation is 1. The lowest BCUT2D eigenvalue weighted by Crippen LogP contribution is -2.39. The highest BCUT2D eigenvalue weighted by molar-refractivity contribution is 5.93. The van der Waals surface area contributed by atoms with Gasteiger partial charge in [0, 0.05) is 50.3 Å². The van der Waals surface area contributed by atoms with Gasteiger partial charge in [-0.1, -0.05) is 6.07 Å². The Morgan fingerprint density at radius 1 is 1.26 bits per heavy atom. The number of piperidine rings is 1. The van der Waals surface area contributed by atoms with Crippen molar-refractivity contribution in [2.45, 2.75) is 38.8 Å². The van der Waals surface area contributed by atoms with E-state index in [1.807, 2.05) is 54.8 Å². The Balaban J connectivity index is 1.49. The summed E-state index contributed by atoms with van der Waals surface area (Å²) in [6.07, 6.45) is 11.2. The minimum absolute atomic E-state index is 0.0576. The van der Waals surface area contributed by atoms with Gasteiger partial charge in [0.1, 0.15) is 5.82 Å². The predicted molar refractivity (Wildman–Crippen MR) is 101 cm³/mol. The summed E-state index contributed by atoms with van der Waals surface area (Å²) in [6, 6.07) is 5.94. The number of hydrogen-bond donors (Lipinski definition) is 0. The summed E-state index contributed by atoms with van der Waals surface area (Å²) in [5.74, 6) is 1.33. The molecule has 0 bridgehead atoms. The van der Waals surface area contributed by atoms with Crippen molar-refractivity contribution in [2.24, 2.45) is 0 Å². The largest absolute Gasteiger partial charge is 0.338 e. The van der Waals surface area contributed by atoms with Crippen molar-refractivity contribution < 1.29 is 4.79 Å². The molecule has 0 aliphatic carbocycles. The highest BCUT2D eigenvalue weighted by Crippen LogP contribution is 2.27. The van der Waals surface area contributed by atoms with E-state index >= 15 is 0 Å². The zero-order chi connectivity index (χ0) is 18.6. The van der Waals surface area contributed by atoms with Gasteiger partial charge in [0.25, 0.3) is 5.91 Å². The summed E-state index contributed by atoms with van der Waals surface area (Å²) in [5, 5.41) is 4.23. The van der Waals surface area contributed by atoms with Gasteiger partial charge >= 0.3 is 0 Å². The fourth-order valence-electron chi connectivity index (χ4n) is 3.68. The van der Waals surface area contributed by atoms with Crippen molar-refractivity contribution >= 4 is 5.91 Å². The van der Waals surface area contributed by atoms with Crippen LogP contribution in [0.1, 0.15) is 47.6 Å². The van der Waals surface area contributed by atoms with Crippen LogP contribution in [0.4, 0.5) is 0 Å². The number of rotatable bonds is 5. The topological polar surface area (TPSA) is 68.8 Å². The zero-order valence-corrected chi connectivity index (χ0v) is 15.5. The molecule has 27 heavy (non-hydrogen) atoms. The summed E-state index contributed by atoms with van der Waals surface area (Å²) < 4.78 is 3.93. The van der Waals surface area contributed by atoms with Crippen LogP contribution in [-0.4, -0.2) is 48.2 Å². The molecule has 1 fully saturated rings.